The largest absolute Gasteiger partial charge is 0.369 e. The Bertz CT molecular complexity index is 1120. The second-order valence-corrected chi connectivity index (χ2v) is 8.47. The maximum absolute atomic E-state index is 13.3. The van der Waals surface area contributed by atoms with Gasteiger partial charge in [-0.15, -0.1) is 11.3 Å². The third-order valence-corrected chi connectivity index (χ3v) is 6.41. The number of fused-ring (bicyclic) bond motifs is 1. The minimum absolute atomic E-state index is 0.159. The highest BCUT2D eigenvalue weighted by Crippen LogP contribution is 2.36. The summed E-state index contributed by atoms with van der Waals surface area (Å²) in [5, 5.41) is 8.38. The predicted molar refractivity (Wildman–Crippen MR) is 118 cm³/mol. The first-order chi connectivity index (χ1) is 15.0. The second-order valence-electron chi connectivity index (χ2n) is 6.69. The number of carbonyl (C=O) groups is 3. The Kier molecular flexibility index (Phi) is 6.42. The van der Waals surface area contributed by atoms with Gasteiger partial charge >= 0.3 is 0 Å². The molecule has 1 saturated heterocycles. The highest BCUT2D eigenvalue weighted by molar-refractivity contribution is 8.14. The Hall–Kier alpha value is -3.05. The number of carbonyl (C=O) groups excluding carboxylic acids is 3. The number of benzene rings is 1. The Morgan fingerprint density at radius 1 is 1.16 bits per heavy atom. The molecule has 0 unspecified atom stereocenters. The lowest BCUT2D eigenvalue weighted by Gasteiger charge is -2.13. The smallest absolute Gasteiger partial charge is 0.288 e. The van der Waals surface area contributed by atoms with Gasteiger partial charge in [-0.3, -0.25) is 19.3 Å². The molecule has 3 heterocycles. The number of nitrogens with zero attached hydrogens (tertiary/aromatic N) is 3. The molecule has 1 aliphatic rings. The highest BCUT2D eigenvalue weighted by atomic mass is 32.2. The van der Waals surface area contributed by atoms with Crippen LogP contribution in [-0.2, 0) is 9.59 Å². The molecule has 2 aromatic heterocycles. The van der Waals surface area contributed by atoms with E-state index in [4.69, 9.17) is 0 Å². The molecule has 31 heavy (non-hydrogen) atoms. The second kappa shape index (κ2) is 9.40. The first kappa shape index (κ1) is 21.2. The summed E-state index contributed by atoms with van der Waals surface area (Å²) in [7, 11) is 0. The van der Waals surface area contributed by atoms with Gasteiger partial charge < -0.3 is 10.6 Å². The van der Waals surface area contributed by atoms with Gasteiger partial charge in [0, 0.05) is 37.0 Å². The molecule has 0 bridgehead atoms. The van der Waals surface area contributed by atoms with Crippen molar-refractivity contribution in [2.75, 3.05) is 30.7 Å². The fraction of sp³-hybridized carbons (Fsp3) is 0.250. The molecule has 2 N–H and O–H groups in total. The van der Waals surface area contributed by atoms with Crippen LogP contribution in [0, 0.1) is 5.82 Å². The van der Waals surface area contributed by atoms with Crippen molar-refractivity contribution in [3.05, 3.63) is 41.8 Å². The monoisotopic (exact) mass is 459 g/mol. The van der Waals surface area contributed by atoms with Crippen LogP contribution < -0.4 is 10.6 Å². The molecule has 1 aliphatic heterocycles. The molecule has 0 saturated carbocycles. The van der Waals surface area contributed by atoms with Crippen molar-refractivity contribution in [2.24, 2.45) is 0 Å². The van der Waals surface area contributed by atoms with Gasteiger partial charge in [-0.1, -0.05) is 23.9 Å². The van der Waals surface area contributed by atoms with Crippen LogP contribution in [0.3, 0.4) is 0 Å². The summed E-state index contributed by atoms with van der Waals surface area (Å²) in [4.78, 5) is 45.7. The third kappa shape index (κ3) is 4.83. The van der Waals surface area contributed by atoms with Crippen LogP contribution in [0.1, 0.15) is 6.42 Å². The van der Waals surface area contributed by atoms with Crippen molar-refractivity contribution in [3.63, 3.8) is 0 Å². The van der Waals surface area contributed by atoms with Crippen LogP contribution in [-0.4, -0.2) is 57.3 Å². The fourth-order valence-corrected chi connectivity index (χ4v) is 4.81. The number of hydrogen-bond acceptors (Lipinski definition) is 8. The van der Waals surface area contributed by atoms with E-state index in [1.807, 2.05) is 5.38 Å². The summed E-state index contributed by atoms with van der Waals surface area (Å²) in [6.45, 7) is 0.730. The van der Waals surface area contributed by atoms with E-state index in [1.165, 1.54) is 29.8 Å². The molecule has 1 aromatic carbocycles. The minimum atomic E-state index is -0.305. The third-order valence-electron chi connectivity index (χ3n) is 4.67. The predicted octanol–water partition coefficient (Wildman–Crippen LogP) is 3.11. The quantitative estimate of drug-likeness (QED) is 0.533. The Morgan fingerprint density at radius 3 is 2.71 bits per heavy atom. The zero-order valence-corrected chi connectivity index (χ0v) is 17.9. The van der Waals surface area contributed by atoms with Gasteiger partial charge in [0.15, 0.2) is 0 Å². The molecule has 0 radical (unpaired) electrons. The Labute approximate surface area is 185 Å². The molecule has 0 atom stereocenters. The van der Waals surface area contributed by atoms with Crippen molar-refractivity contribution >= 4 is 56.2 Å². The summed E-state index contributed by atoms with van der Waals surface area (Å²) in [5.74, 6) is 0.0249. The van der Waals surface area contributed by atoms with Crippen LogP contribution in [0.15, 0.2) is 36.0 Å². The summed E-state index contributed by atoms with van der Waals surface area (Å²) < 4.78 is 13.3. The lowest BCUT2D eigenvalue weighted by Crippen LogP contribution is -2.37. The fourth-order valence-electron chi connectivity index (χ4n) is 3.14. The van der Waals surface area contributed by atoms with Crippen LogP contribution in [0.25, 0.3) is 21.3 Å². The molecule has 1 fully saturated rings. The van der Waals surface area contributed by atoms with Crippen molar-refractivity contribution in [3.8, 4) is 11.1 Å². The molecule has 160 valence electrons. The highest BCUT2D eigenvalue weighted by Gasteiger charge is 2.29. The van der Waals surface area contributed by atoms with E-state index < -0.39 is 0 Å². The van der Waals surface area contributed by atoms with Gasteiger partial charge in [-0.05, 0) is 17.7 Å². The number of anilines is 1. The van der Waals surface area contributed by atoms with Gasteiger partial charge in [-0.25, -0.2) is 14.4 Å². The van der Waals surface area contributed by atoms with Crippen molar-refractivity contribution in [1.82, 2.24) is 20.2 Å². The first-order valence-corrected chi connectivity index (χ1v) is 11.4. The van der Waals surface area contributed by atoms with Crippen molar-refractivity contribution in [1.29, 1.82) is 0 Å². The molecule has 8 nitrogen and oxygen atoms in total. The van der Waals surface area contributed by atoms with E-state index in [9.17, 15) is 18.8 Å². The SMILES string of the molecule is O=C(CCNc1ncnc2scc(-c3ccc(F)cc3)c12)NCCN1C(=O)CSC1=O. The molecule has 0 aliphatic carbocycles. The van der Waals surface area contributed by atoms with Crippen LogP contribution in [0.2, 0.25) is 0 Å². The van der Waals surface area contributed by atoms with E-state index in [-0.39, 0.29) is 48.1 Å². The minimum Gasteiger partial charge on any atom is -0.369 e. The van der Waals surface area contributed by atoms with Crippen molar-refractivity contribution in [2.45, 2.75) is 6.42 Å². The average Bonchev–Trinajstić information content (AvgIpc) is 3.33. The zero-order chi connectivity index (χ0) is 21.8. The Morgan fingerprint density at radius 2 is 1.97 bits per heavy atom. The van der Waals surface area contributed by atoms with Gasteiger partial charge in [0.05, 0.1) is 11.1 Å². The van der Waals surface area contributed by atoms with E-state index in [2.05, 4.69) is 20.6 Å². The molecular formula is C20H18FN5O3S2. The molecule has 3 aromatic rings. The summed E-state index contributed by atoms with van der Waals surface area (Å²) in [6, 6.07) is 6.22. The Balaban J connectivity index is 1.34. The number of thiophene rings is 1. The van der Waals surface area contributed by atoms with E-state index in [1.54, 1.807) is 12.1 Å². The molecule has 4 rings (SSSR count). The van der Waals surface area contributed by atoms with Gasteiger partial charge in [0.25, 0.3) is 5.24 Å². The van der Waals surface area contributed by atoms with E-state index in [0.29, 0.717) is 12.4 Å². The number of aromatic nitrogens is 2. The number of rotatable bonds is 8. The number of halogens is 1. The maximum Gasteiger partial charge on any atom is 0.288 e. The van der Waals surface area contributed by atoms with Crippen molar-refractivity contribution < 1.29 is 18.8 Å². The number of hydrogen-bond donors (Lipinski definition) is 2. The zero-order valence-electron chi connectivity index (χ0n) is 16.3. The lowest BCUT2D eigenvalue weighted by atomic mass is 10.1. The number of nitrogens with one attached hydrogen (secondary N) is 2. The van der Waals surface area contributed by atoms with Crippen LogP contribution >= 0.6 is 23.1 Å². The van der Waals surface area contributed by atoms with Crippen LogP contribution in [0.5, 0.6) is 0 Å². The summed E-state index contributed by atoms with van der Waals surface area (Å²) in [5.41, 5.74) is 1.75. The molecule has 11 heteroatoms. The van der Waals surface area contributed by atoms with E-state index >= 15 is 0 Å². The van der Waals surface area contributed by atoms with Gasteiger partial charge in [0.2, 0.25) is 11.8 Å². The summed E-state index contributed by atoms with van der Waals surface area (Å²) in [6.07, 6.45) is 1.65. The number of thioether (sulfide) groups is 1. The first-order valence-electron chi connectivity index (χ1n) is 9.49. The van der Waals surface area contributed by atoms with Crippen LogP contribution in [0.4, 0.5) is 15.0 Å². The normalized spacial score (nSPS) is 13.8. The molecular weight excluding hydrogens is 441 g/mol. The van der Waals surface area contributed by atoms with Gasteiger partial charge in [0.1, 0.15) is 22.8 Å². The van der Waals surface area contributed by atoms with E-state index in [0.717, 1.165) is 38.0 Å². The topological polar surface area (TPSA) is 104 Å². The summed E-state index contributed by atoms with van der Waals surface area (Å²) >= 11 is 2.44. The number of amides is 3. The average molecular weight is 460 g/mol. The molecule has 3 amide bonds. The molecule has 0 spiro atoms. The number of imide groups is 1. The standard InChI is InChI=1S/C20H18FN5O3S2/c21-13-3-1-12(2-4-13)14-9-30-19-17(14)18(24-11-25-19)23-6-5-15(27)22-7-8-26-16(28)10-31-20(26)29/h1-4,9,11H,5-8,10H2,(H,22,27)(H,23,24,25). The van der Waals surface area contributed by atoms with Gasteiger partial charge in [-0.2, -0.15) is 0 Å². The maximum atomic E-state index is 13.3. The lowest BCUT2D eigenvalue weighted by molar-refractivity contribution is -0.125.